The second-order valence-corrected chi connectivity index (χ2v) is 8.18. The van der Waals surface area contributed by atoms with Gasteiger partial charge in [0.05, 0.1) is 27.5 Å². The first kappa shape index (κ1) is 21.6. The molecular formula is C23H16F3N3O2S. The molecule has 0 aliphatic heterocycles. The van der Waals surface area contributed by atoms with Gasteiger partial charge in [0.2, 0.25) is 5.91 Å². The van der Waals surface area contributed by atoms with E-state index in [1.54, 1.807) is 30.3 Å². The fraction of sp³-hybridized carbons (Fsp3) is 0.0870. The molecular weight excluding hydrogens is 439 g/mol. The van der Waals surface area contributed by atoms with Gasteiger partial charge in [0, 0.05) is 6.07 Å². The SMILES string of the molecule is CC(Sc1nc2ccccc2c(=O)n1-c1ccccc1F)C(=O)Nc1cc(F)ccc1F. The minimum atomic E-state index is -0.872. The number of carbonyl (C=O) groups excluding carboxylic acids is 1. The Balaban J connectivity index is 1.74. The molecule has 9 heteroatoms. The number of hydrogen-bond donors (Lipinski definition) is 1. The van der Waals surface area contributed by atoms with E-state index in [2.05, 4.69) is 10.3 Å². The van der Waals surface area contributed by atoms with Gasteiger partial charge in [-0.25, -0.2) is 18.2 Å². The van der Waals surface area contributed by atoms with Crippen molar-refractivity contribution in [1.29, 1.82) is 0 Å². The van der Waals surface area contributed by atoms with Crippen LogP contribution in [0.1, 0.15) is 6.92 Å². The van der Waals surface area contributed by atoms with E-state index in [1.807, 2.05) is 0 Å². The molecule has 1 amide bonds. The summed E-state index contributed by atoms with van der Waals surface area (Å²) in [7, 11) is 0. The highest BCUT2D eigenvalue weighted by Gasteiger charge is 2.22. The van der Waals surface area contributed by atoms with E-state index >= 15 is 0 Å². The van der Waals surface area contributed by atoms with Gasteiger partial charge in [0.15, 0.2) is 5.16 Å². The summed E-state index contributed by atoms with van der Waals surface area (Å²) in [5.74, 6) is -2.76. The Morgan fingerprint density at radius 2 is 1.72 bits per heavy atom. The Morgan fingerprint density at radius 3 is 2.50 bits per heavy atom. The van der Waals surface area contributed by atoms with Crippen molar-refractivity contribution in [3.8, 4) is 5.69 Å². The molecule has 0 bridgehead atoms. The topological polar surface area (TPSA) is 64.0 Å². The van der Waals surface area contributed by atoms with Crippen molar-refractivity contribution in [2.75, 3.05) is 5.32 Å². The lowest BCUT2D eigenvalue weighted by atomic mass is 10.2. The summed E-state index contributed by atoms with van der Waals surface area (Å²) in [6, 6.07) is 15.0. The number of benzene rings is 3. The Hall–Kier alpha value is -3.59. The van der Waals surface area contributed by atoms with Gasteiger partial charge in [-0.05, 0) is 43.3 Å². The molecule has 4 aromatic rings. The maximum atomic E-state index is 14.5. The van der Waals surface area contributed by atoms with Crippen LogP contribution >= 0.6 is 11.8 Å². The van der Waals surface area contributed by atoms with Crippen molar-refractivity contribution < 1.29 is 18.0 Å². The molecule has 0 aliphatic carbocycles. The minimum absolute atomic E-state index is 0.0120. The maximum absolute atomic E-state index is 14.5. The third-order valence-electron chi connectivity index (χ3n) is 4.68. The quantitative estimate of drug-likeness (QED) is 0.343. The van der Waals surface area contributed by atoms with Gasteiger partial charge in [-0.3, -0.25) is 14.2 Å². The van der Waals surface area contributed by atoms with E-state index in [1.165, 1.54) is 25.1 Å². The number of para-hydroxylation sites is 2. The highest BCUT2D eigenvalue weighted by Crippen LogP contribution is 2.27. The largest absolute Gasteiger partial charge is 0.323 e. The Kier molecular flexibility index (Phi) is 6.00. The normalized spacial score (nSPS) is 12.0. The molecule has 0 saturated heterocycles. The summed E-state index contributed by atoms with van der Waals surface area (Å²) < 4.78 is 43.0. The van der Waals surface area contributed by atoms with E-state index in [4.69, 9.17) is 0 Å². The minimum Gasteiger partial charge on any atom is -0.323 e. The molecule has 0 aliphatic rings. The molecule has 1 heterocycles. The lowest BCUT2D eigenvalue weighted by Gasteiger charge is -2.17. The zero-order chi connectivity index (χ0) is 22.8. The van der Waals surface area contributed by atoms with Crippen LogP contribution in [0.3, 0.4) is 0 Å². The molecule has 162 valence electrons. The summed E-state index contributed by atoms with van der Waals surface area (Å²) in [4.78, 5) is 30.3. The summed E-state index contributed by atoms with van der Waals surface area (Å²) >= 11 is 0.897. The molecule has 3 aromatic carbocycles. The monoisotopic (exact) mass is 455 g/mol. The molecule has 0 saturated carbocycles. The number of nitrogens with zero attached hydrogens (tertiary/aromatic N) is 2. The van der Waals surface area contributed by atoms with Crippen LogP contribution in [0.25, 0.3) is 16.6 Å². The van der Waals surface area contributed by atoms with E-state index in [0.717, 1.165) is 34.5 Å². The van der Waals surface area contributed by atoms with Gasteiger partial charge >= 0.3 is 0 Å². The number of amides is 1. The average molecular weight is 455 g/mol. The standard InChI is InChI=1S/C23H16F3N3O2S/c1-13(21(30)27-19-12-14(24)10-11-16(19)25)32-23-28-18-8-4-2-6-15(18)22(31)29(23)20-9-5-3-7-17(20)26/h2-13H,1H3,(H,27,30). The fourth-order valence-corrected chi connectivity index (χ4v) is 4.00. The van der Waals surface area contributed by atoms with Crippen molar-refractivity contribution in [3.63, 3.8) is 0 Å². The van der Waals surface area contributed by atoms with E-state index in [0.29, 0.717) is 10.9 Å². The lowest BCUT2D eigenvalue weighted by Crippen LogP contribution is -2.27. The predicted molar refractivity (Wildman–Crippen MR) is 118 cm³/mol. The van der Waals surface area contributed by atoms with E-state index in [9.17, 15) is 22.8 Å². The lowest BCUT2D eigenvalue weighted by molar-refractivity contribution is -0.115. The molecule has 0 fully saturated rings. The van der Waals surface area contributed by atoms with Crippen LogP contribution in [0.15, 0.2) is 76.7 Å². The van der Waals surface area contributed by atoms with Crippen molar-refractivity contribution in [3.05, 3.63) is 94.5 Å². The summed E-state index contributed by atoms with van der Waals surface area (Å²) in [5, 5.41) is 1.83. The first-order valence-corrected chi connectivity index (χ1v) is 10.4. The third kappa shape index (κ3) is 4.24. The number of thioether (sulfide) groups is 1. The van der Waals surface area contributed by atoms with Crippen molar-refractivity contribution in [2.45, 2.75) is 17.3 Å². The van der Waals surface area contributed by atoms with Crippen molar-refractivity contribution in [1.82, 2.24) is 9.55 Å². The molecule has 5 nitrogen and oxygen atoms in total. The van der Waals surface area contributed by atoms with Crippen LogP contribution in [0.5, 0.6) is 0 Å². The van der Waals surface area contributed by atoms with E-state index < -0.39 is 34.2 Å². The summed E-state index contributed by atoms with van der Waals surface area (Å²) in [6.45, 7) is 1.52. The van der Waals surface area contributed by atoms with Gasteiger partial charge < -0.3 is 5.32 Å². The predicted octanol–water partition coefficient (Wildman–Crippen LogP) is 4.92. The number of hydrogen-bond acceptors (Lipinski definition) is 4. The van der Waals surface area contributed by atoms with Gasteiger partial charge in [0.25, 0.3) is 5.56 Å². The van der Waals surface area contributed by atoms with Crippen LogP contribution in [-0.2, 0) is 4.79 Å². The molecule has 0 spiro atoms. The number of nitrogens with one attached hydrogen (secondary N) is 1. The summed E-state index contributed by atoms with van der Waals surface area (Å²) in [6.07, 6.45) is 0. The van der Waals surface area contributed by atoms with Gasteiger partial charge in [-0.2, -0.15) is 0 Å². The number of carbonyl (C=O) groups is 1. The van der Waals surface area contributed by atoms with Gasteiger partial charge in [0.1, 0.15) is 17.5 Å². The molecule has 4 rings (SSSR count). The fourth-order valence-electron chi connectivity index (χ4n) is 3.08. The van der Waals surface area contributed by atoms with Crippen LogP contribution in [0.2, 0.25) is 0 Å². The van der Waals surface area contributed by atoms with Crippen molar-refractivity contribution in [2.24, 2.45) is 0 Å². The highest BCUT2D eigenvalue weighted by molar-refractivity contribution is 8.00. The Bertz CT molecular complexity index is 1390. The maximum Gasteiger partial charge on any atom is 0.266 e. The smallest absolute Gasteiger partial charge is 0.266 e. The average Bonchev–Trinajstić information content (AvgIpc) is 2.77. The molecule has 32 heavy (non-hydrogen) atoms. The van der Waals surface area contributed by atoms with Crippen molar-refractivity contribution >= 4 is 34.3 Å². The molecule has 1 N–H and O–H groups in total. The van der Waals surface area contributed by atoms with Gasteiger partial charge in [-0.15, -0.1) is 0 Å². The van der Waals surface area contributed by atoms with Crippen LogP contribution < -0.4 is 10.9 Å². The Labute approximate surface area is 184 Å². The number of aromatic nitrogens is 2. The first-order chi connectivity index (χ1) is 15.3. The van der Waals surface area contributed by atoms with Crippen LogP contribution in [-0.4, -0.2) is 20.7 Å². The molecule has 0 radical (unpaired) electrons. The number of anilines is 1. The van der Waals surface area contributed by atoms with E-state index in [-0.39, 0.29) is 16.5 Å². The summed E-state index contributed by atoms with van der Waals surface area (Å²) in [5.41, 5.74) is -0.425. The second kappa shape index (κ2) is 8.88. The number of rotatable bonds is 5. The van der Waals surface area contributed by atoms with Crippen LogP contribution in [0.4, 0.5) is 18.9 Å². The Morgan fingerprint density at radius 1 is 1.00 bits per heavy atom. The third-order valence-corrected chi connectivity index (χ3v) is 5.73. The van der Waals surface area contributed by atoms with Crippen LogP contribution in [0, 0.1) is 17.5 Å². The second-order valence-electron chi connectivity index (χ2n) is 6.88. The number of halogens is 3. The molecule has 1 unspecified atom stereocenters. The first-order valence-electron chi connectivity index (χ1n) is 9.54. The number of fused-ring (bicyclic) bond motifs is 1. The zero-order valence-corrected chi connectivity index (χ0v) is 17.5. The molecule has 1 aromatic heterocycles. The highest BCUT2D eigenvalue weighted by atomic mass is 32.2. The van der Waals surface area contributed by atoms with Gasteiger partial charge in [-0.1, -0.05) is 36.0 Å². The zero-order valence-electron chi connectivity index (χ0n) is 16.7. The molecule has 1 atom stereocenters.